The second-order valence-electron chi connectivity index (χ2n) is 6.35. The van der Waals surface area contributed by atoms with Crippen LogP contribution in [0.3, 0.4) is 0 Å². The fourth-order valence-electron chi connectivity index (χ4n) is 2.84. The zero-order valence-electron chi connectivity index (χ0n) is 15.7. The summed E-state index contributed by atoms with van der Waals surface area (Å²) in [6, 6.07) is 7.81. The molecule has 0 amide bonds. The summed E-state index contributed by atoms with van der Waals surface area (Å²) in [6.07, 6.45) is 1.92. The number of primary sulfonamides is 1. The SMILES string of the molecule is CCCCC(=O)OCC(=O)c1cc(C)n(-c2ccc(S(N)(=O)=O)cc2)c1C. The summed E-state index contributed by atoms with van der Waals surface area (Å²) in [4.78, 5) is 24.0. The minimum absolute atomic E-state index is 0.0176. The number of carbonyl (C=O) groups is 2. The molecule has 8 heteroatoms. The van der Waals surface area contributed by atoms with Crippen LogP contribution >= 0.6 is 0 Å². The average Bonchev–Trinajstić information content (AvgIpc) is 2.91. The van der Waals surface area contributed by atoms with E-state index in [0.29, 0.717) is 23.4 Å². The zero-order valence-corrected chi connectivity index (χ0v) is 16.5. The second-order valence-corrected chi connectivity index (χ2v) is 7.91. The number of aryl methyl sites for hydroxylation is 1. The van der Waals surface area contributed by atoms with Gasteiger partial charge in [-0.3, -0.25) is 9.59 Å². The summed E-state index contributed by atoms with van der Waals surface area (Å²) in [7, 11) is -3.76. The molecule has 1 heterocycles. The Hall–Kier alpha value is -2.45. The van der Waals surface area contributed by atoms with Gasteiger partial charge >= 0.3 is 5.97 Å². The van der Waals surface area contributed by atoms with Crippen LogP contribution in [0.15, 0.2) is 35.2 Å². The number of rotatable bonds is 8. The van der Waals surface area contributed by atoms with Crippen molar-refractivity contribution in [2.24, 2.45) is 5.14 Å². The number of esters is 1. The Labute approximate surface area is 159 Å². The molecule has 0 atom stereocenters. The van der Waals surface area contributed by atoms with E-state index in [2.05, 4.69) is 0 Å². The lowest BCUT2D eigenvalue weighted by Gasteiger charge is -2.10. The summed E-state index contributed by atoms with van der Waals surface area (Å²) >= 11 is 0. The summed E-state index contributed by atoms with van der Waals surface area (Å²) in [6.45, 7) is 5.30. The van der Waals surface area contributed by atoms with Crippen molar-refractivity contribution in [1.82, 2.24) is 4.57 Å². The topological polar surface area (TPSA) is 108 Å². The number of ketones is 1. The number of nitrogens with zero attached hydrogens (tertiary/aromatic N) is 1. The Morgan fingerprint density at radius 1 is 1.15 bits per heavy atom. The molecule has 2 N–H and O–H groups in total. The first-order valence-electron chi connectivity index (χ1n) is 8.66. The van der Waals surface area contributed by atoms with Gasteiger partial charge in [0, 0.05) is 29.1 Å². The van der Waals surface area contributed by atoms with Gasteiger partial charge in [-0.2, -0.15) is 0 Å². The Bertz CT molecular complexity index is 943. The quantitative estimate of drug-likeness (QED) is 0.549. The number of hydrogen-bond acceptors (Lipinski definition) is 5. The standard InChI is InChI=1S/C19H24N2O5S/c1-4-5-6-19(23)26-12-18(22)17-11-13(2)21(14(17)3)15-7-9-16(10-8-15)27(20,24)25/h7-11H,4-6,12H2,1-3H3,(H2,20,24,25). The molecule has 1 aromatic heterocycles. The molecule has 0 aliphatic carbocycles. The lowest BCUT2D eigenvalue weighted by molar-refractivity contribution is -0.142. The lowest BCUT2D eigenvalue weighted by atomic mass is 10.1. The van der Waals surface area contributed by atoms with E-state index in [1.165, 1.54) is 12.1 Å². The van der Waals surface area contributed by atoms with Crippen LogP contribution in [0.25, 0.3) is 5.69 Å². The van der Waals surface area contributed by atoms with Gasteiger partial charge in [0.25, 0.3) is 0 Å². The first kappa shape index (κ1) is 20.9. The lowest BCUT2D eigenvalue weighted by Crippen LogP contribution is -2.14. The average molecular weight is 392 g/mol. The highest BCUT2D eigenvalue weighted by molar-refractivity contribution is 7.89. The number of carbonyl (C=O) groups excluding carboxylic acids is 2. The number of ether oxygens (including phenoxy) is 1. The predicted octanol–water partition coefficient (Wildman–Crippen LogP) is 2.66. The summed E-state index contributed by atoms with van der Waals surface area (Å²) in [5, 5.41) is 5.12. The Balaban J connectivity index is 2.21. The van der Waals surface area contributed by atoms with E-state index in [9.17, 15) is 18.0 Å². The van der Waals surface area contributed by atoms with Gasteiger partial charge in [0.05, 0.1) is 4.90 Å². The Morgan fingerprint density at radius 2 is 1.78 bits per heavy atom. The molecule has 0 unspecified atom stereocenters. The molecule has 2 aromatic rings. The van der Waals surface area contributed by atoms with Gasteiger partial charge < -0.3 is 9.30 Å². The predicted molar refractivity (Wildman–Crippen MR) is 101 cm³/mol. The van der Waals surface area contributed by atoms with Gasteiger partial charge in [-0.05, 0) is 50.6 Å². The number of Topliss-reactive ketones (excluding diaryl/α,β-unsaturated/α-hetero) is 1. The number of benzene rings is 1. The molecule has 0 radical (unpaired) electrons. The van der Waals surface area contributed by atoms with Crippen LogP contribution in [0.4, 0.5) is 0 Å². The molecular weight excluding hydrogens is 368 g/mol. The number of unbranched alkanes of at least 4 members (excludes halogenated alkanes) is 1. The minimum Gasteiger partial charge on any atom is -0.457 e. The first-order valence-corrected chi connectivity index (χ1v) is 10.2. The van der Waals surface area contributed by atoms with E-state index in [4.69, 9.17) is 9.88 Å². The van der Waals surface area contributed by atoms with Gasteiger partial charge in [0.2, 0.25) is 15.8 Å². The largest absolute Gasteiger partial charge is 0.457 e. The highest BCUT2D eigenvalue weighted by Gasteiger charge is 2.18. The van der Waals surface area contributed by atoms with E-state index in [1.807, 2.05) is 18.4 Å². The van der Waals surface area contributed by atoms with Crippen molar-refractivity contribution in [2.45, 2.75) is 44.9 Å². The third kappa shape index (κ3) is 5.05. The van der Waals surface area contributed by atoms with Crippen molar-refractivity contribution in [2.75, 3.05) is 6.61 Å². The molecule has 0 spiro atoms. The van der Waals surface area contributed by atoms with Crippen molar-refractivity contribution < 1.29 is 22.7 Å². The van der Waals surface area contributed by atoms with E-state index >= 15 is 0 Å². The monoisotopic (exact) mass is 392 g/mol. The Kier molecular flexibility index (Phi) is 6.56. The van der Waals surface area contributed by atoms with Crippen molar-refractivity contribution in [3.63, 3.8) is 0 Å². The maximum atomic E-state index is 12.4. The normalized spacial score (nSPS) is 11.4. The number of sulfonamides is 1. The Morgan fingerprint density at radius 3 is 2.33 bits per heavy atom. The van der Waals surface area contributed by atoms with E-state index in [1.54, 1.807) is 25.1 Å². The third-order valence-corrected chi connectivity index (χ3v) is 5.18. The first-order chi connectivity index (χ1) is 12.6. The van der Waals surface area contributed by atoms with Crippen LogP contribution in [-0.2, 0) is 19.6 Å². The fourth-order valence-corrected chi connectivity index (χ4v) is 3.36. The zero-order chi connectivity index (χ0) is 20.2. The third-order valence-electron chi connectivity index (χ3n) is 4.25. The molecule has 2 rings (SSSR count). The molecule has 7 nitrogen and oxygen atoms in total. The van der Waals surface area contributed by atoms with Crippen molar-refractivity contribution in [3.05, 3.63) is 47.3 Å². The highest BCUT2D eigenvalue weighted by Crippen LogP contribution is 2.22. The van der Waals surface area contributed by atoms with Crippen molar-refractivity contribution >= 4 is 21.8 Å². The number of hydrogen-bond donors (Lipinski definition) is 1. The molecule has 0 bridgehead atoms. The molecule has 1 aromatic carbocycles. The summed E-state index contributed by atoms with van der Waals surface area (Å²) in [5.41, 5.74) is 2.66. The number of nitrogens with two attached hydrogens (primary N) is 1. The molecule has 0 fully saturated rings. The van der Waals surface area contributed by atoms with Gasteiger partial charge in [-0.25, -0.2) is 13.6 Å². The van der Waals surface area contributed by atoms with Crippen LogP contribution in [-0.4, -0.2) is 31.3 Å². The van der Waals surface area contributed by atoms with Crippen molar-refractivity contribution in [3.8, 4) is 5.69 Å². The molecule has 0 aliphatic rings. The molecule has 0 saturated heterocycles. The smallest absolute Gasteiger partial charge is 0.306 e. The van der Waals surface area contributed by atoms with Crippen LogP contribution in [0, 0.1) is 13.8 Å². The van der Waals surface area contributed by atoms with Gasteiger partial charge in [-0.1, -0.05) is 13.3 Å². The van der Waals surface area contributed by atoms with Gasteiger partial charge in [-0.15, -0.1) is 0 Å². The molecule has 27 heavy (non-hydrogen) atoms. The molecular formula is C19H24N2O5S. The van der Waals surface area contributed by atoms with E-state index in [-0.39, 0.29) is 23.3 Å². The van der Waals surface area contributed by atoms with Crippen molar-refractivity contribution in [1.29, 1.82) is 0 Å². The van der Waals surface area contributed by atoms with E-state index in [0.717, 1.165) is 18.5 Å². The molecule has 0 aliphatic heterocycles. The van der Waals surface area contributed by atoms with E-state index < -0.39 is 10.0 Å². The minimum atomic E-state index is -3.76. The fraction of sp³-hybridized carbons (Fsp3) is 0.368. The van der Waals surface area contributed by atoms with Crippen LogP contribution in [0.2, 0.25) is 0 Å². The van der Waals surface area contributed by atoms with Gasteiger partial charge in [0.15, 0.2) is 6.61 Å². The number of aromatic nitrogens is 1. The highest BCUT2D eigenvalue weighted by atomic mass is 32.2. The summed E-state index contributed by atoms with van der Waals surface area (Å²) in [5.74, 6) is -0.655. The molecule has 146 valence electrons. The maximum Gasteiger partial charge on any atom is 0.306 e. The van der Waals surface area contributed by atoms with Crippen LogP contribution < -0.4 is 5.14 Å². The summed E-state index contributed by atoms with van der Waals surface area (Å²) < 4.78 is 29.6. The second kappa shape index (κ2) is 8.49. The van der Waals surface area contributed by atoms with Crippen LogP contribution in [0.5, 0.6) is 0 Å². The van der Waals surface area contributed by atoms with Crippen LogP contribution in [0.1, 0.15) is 47.9 Å². The molecule has 0 saturated carbocycles. The van der Waals surface area contributed by atoms with Gasteiger partial charge in [0.1, 0.15) is 0 Å². The maximum absolute atomic E-state index is 12.4.